The maximum absolute atomic E-state index is 12.9. The molecule has 0 saturated carbocycles. The van der Waals surface area contributed by atoms with Crippen LogP contribution < -0.4 is 9.64 Å². The highest BCUT2D eigenvalue weighted by atomic mass is 19.4. The van der Waals surface area contributed by atoms with Crippen LogP contribution in [0.25, 0.3) is 17.0 Å². The number of nitrogens with one attached hydrogen (secondary N) is 1. The van der Waals surface area contributed by atoms with Crippen LogP contribution in [0.3, 0.4) is 0 Å². The predicted octanol–water partition coefficient (Wildman–Crippen LogP) is 5.94. The number of ether oxygens (including phenoxy) is 1. The third kappa shape index (κ3) is 6.43. The van der Waals surface area contributed by atoms with Gasteiger partial charge in [0.15, 0.2) is 0 Å². The number of anilines is 1. The van der Waals surface area contributed by atoms with Crippen molar-refractivity contribution in [1.29, 1.82) is 0 Å². The lowest BCUT2D eigenvalue weighted by atomic mass is 10.1. The topological polar surface area (TPSA) is 65.3 Å². The van der Waals surface area contributed by atoms with E-state index in [2.05, 4.69) is 14.7 Å². The summed E-state index contributed by atoms with van der Waals surface area (Å²) < 4.78 is 80.9. The number of hydrogen-bond acceptors (Lipinski definition) is 5. The Morgan fingerprint density at radius 2 is 1.53 bits per heavy atom. The van der Waals surface area contributed by atoms with Crippen LogP contribution in [0.2, 0.25) is 0 Å². The summed E-state index contributed by atoms with van der Waals surface area (Å²) >= 11 is 0. The molecule has 0 spiro atoms. The Labute approximate surface area is 203 Å². The molecule has 0 unspecified atom stereocenters. The molecule has 12 heteroatoms. The number of aromatic nitrogens is 2. The van der Waals surface area contributed by atoms with E-state index in [1.54, 1.807) is 18.2 Å². The molecule has 2 aromatic carbocycles. The van der Waals surface area contributed by atoms with E-state index in [1.807, 2.05) is 9.80 Å². The van der Waals surface area contributed by atoms with Gasteiger partial charge in [0.05, 0.1) is 11.3 Å². The van der Waals surface area contributed by atoms with Crippen molar-refractivity contribution in [3.63, 3.8) is 0 Å². The summed E-state index contributed by atoms with van der Waals surface area (Å²) in [6.45, 7) is 2.14. The number of para-hydroxylation sites is 1. The first kappa shape index (κ1) is 25.7. The molecule has 2 heterocycles. The van der Waals surface area contributed by atoms with Crippen LogP contribution >= 0.6 is 0 Å². The fourth-order valence-corrected chi connectivity index (χ4v) is 3.90. The Kier molecular flexibility index (Phi) is 7.36. The SMILES string of the molecule is [NH-]Cc1cc(-c2ccc(C(F)(F)F)cc2)nc(N2CCN(Cc3ccccc3OC(F)(F)F)CC2)n1. The number of alkyl halides is 6. The zero-order valence-electron chi connectivity index (χ0n) is 18.9. The molecule has 4 rings (SSSR count). The van der Waals surface area contributed by atoms with E-state index in [9.17, 15) is 26.3 Å². The van der Waals surface area contributed by atoms with Crippen molar-refractivity contribution in [2.24, 2.45) is 0 Å². The van der Waals surface area contributed by atoms with Gasteiger partial charge >= 0.3 is 12.5 Å². The van der Waals surface area contributed by atoms with E-state index in [0.29, 0.717) is 54.6 Å². The monoisotopic (exact) mass is 510 g/mol. The summed E-state index contributed by atoms with van der Waals surface area (Å²) in [5.41, 5.74) is 8.68. The van der Waals surface area contributed by atoms with Crippen LogP contribution in [0.5, 0.6) is 5.75 Å². The molecule has 1 aliphatic rings. The summed E-state index contributed by atoms with van der Waals surface area (Å²) in [6, 6.07) is 12.2. The Hall–Kier alpha value is -3.38. The van der Waals surface area contributed by atoms with Crippen molar-refractivity contribution in [2.45, 2.75) is 25.6 Å². The molecule has 1 aliphatic heterocycles. The Morgan fingerprint density at radius 1 is 0.861 bits per heavy atom. The van der Waals surface area contributed by atoms with Gasteiger partial charge in [-0.1, -0.05) is 30.3 Å². The summed E-state index contributed by atoms with van der Waals surface area (Å²) in [7, 11) is 0. The lowest BCUT2D eigenvalue weighted by Crippen LogP contribution is -2.46. The molecule has 6 nitrogen and oxygen atoms in total. The van der Waals surface area contributed by atoms with E-state index in [-0.39, 0.29) is 18.8 Å². The van der Waals surface area contributed by atoms with Crippen molar-refractivity contribution in [2.75, 3.05) is 31.1 Å². The first-order valence-electron chi connectivity index (χ1n) is 11.0. The van der Waals surface area contributed by atoms with Crippen LogP contribution in [-0.2, 0) is 19.3 Å². The predicted molar refractivity (Wildman–Crippen MR) is 121 cm³/mol. The number of hydrogen-bond donors (Lipinski definition) is 0. The highest BCUT2D eigenvalue weighted by Crippen LogP contribution is 2.31. The van der Waals surface area contributed by atoms with Crippen LogP contribution in [0.15, 0.2) is 54.6 Å². The zero-order chi connectivity index (χ0) is 25.9. The Bertz CT molecular complexity index is 1170. The molecule has 0 bridgehead atoms. The van der Waals surface area contributed by atoms with Gasteiger partial charge in [0, 0.05) is 49.5 Å². The maximum Gasteiger partial charge on any atom is 0.573 e. The molecule has 0 aliphatic carbocycles. The molecule has 192 valence electrons. The van der Waals surface area contributed by atoms with Gasteiger partial charge < -0.3 is 15.4 Å². The standard InChI is InChI=1S/C24H22F6N5O/c25-23(26,27)18-7-5-16(6-8-18)20-13-19(14-31)32-22(33-20)35-11-9-34(10-12-35)15-17-3-1-2-4-21(17)36-24(28,29)30/h1-8,13,31H,9-12,14-15H2/q-1. The Morgan fingerprint density at radius 3 is 2.14 bits per heavy atom. The minimum atomic E-state index is -4.78. The molecule has 0 atom stereocenters. The molecule has 1 aromatic heterocycles. The van der Waals surface area contributed by atoms with Crippen molar-refractivity contribution < 1.29 is 31.1 Å². The van der Waals surface area contributed by atoms with Gasteiger partial charge in [0.2, 0.25) is 5.95 Å². The molecule has 1 N–H and O–H groups in total. The molecular formula is C24H22F6N5O-. The first-order valence-corrected chi connectivity index (χ1v) is 11.0. The summed E-state index contributed by atoms with van der Waals surface area (Å²) in [5, 5.41) is 0. The van der Waals surface area contributed by atoms with E-state index in [4.69, 9.17) is 5.73 Å². The van der Waals surface area contributed by atoms with Crippen molar-refractivity contribution >= 4 is 5.95 Å². The summed E-state index contributed by atoms with van der Waals surface area (Å²) in [5.74, 6) is 0.121. The van der Waals surface area contributed by atoms with E-state index < -0.39 is 18.1 Å². The largest absolute Gasteiger partial charge is 0.672 e. The van der Waals surface area contributed by atoms with Gasteiger partial charge in [0.1, 0.15) is 5.75 Å². The van der Waals surface area contributed by atoms with Crippen LogP contribution in [-0.4, -0.2) is 47.4 Å². The number of benzene rings is 2. The highest BCUT2D eigenvalue weighted by Gasteiger charge is 2.32. The number of piperazine rings is 1. The third-order valence-corrected chi connectivity index (χ3v) is 5.70. The van der Waals surface area contributed by atoms with Crippen LogP contribution in [0, 0.1) is 0 Å². The van der Waals surface area contributed by atoms with Crippen molar-refractivity contribution in [3.05, 3.63) is 77.2 Å². The first-order chi connectivity index (χ1) is 17.0. The molecule has 3 aromatic rings. The number of halogens is 6. The minimum absolute atomic E-state index is 0.126. The van der Waals surface area contributed by atoms with E-state index in [1.165, 1.54) is 24.3 Å². The average molecular weight is 510 g/mol. The normalized spacial score (nSPS) is 15.2. The fourth-order valence-electron chi connectivity index (χ4n) is 3.90. The molecule has 36 heavy (non-hydrogen) atoms. The molecule has 1 saturated heterocycles. The molecule has 0 radical (unpaired) electrons. The van der Waals surface area contributed by atoms with E-state index in [0.717, 1.165) is 12.1 Å². The lowest BCUT2D eigenvalue weighted by Gasteiger charge is -2.35. The lowest BCUT2D eigenvalue weighted by molar-refractivity contribution is -0.275. The maximum atomic E-state index is 12.9. The van der Waals surface area contributed by atoms with Crippen molar-refractivity contribution in [3.8, 4) is 17.0 Å². The number of nitrogens with zero attached hydrogens (tertiary/aromatic N) is 4. The molecule has 0 amide bonds. The average Bonchev–Trinajstić information content (AvgIpc) is 2.84. The van der Waals surface area contributed by atoms with Gasteiger partial charge in [-0.05, 0) is 24.3 Å². The molecular weight excluding hydrogens is 488 g/mol. The van der Waals surface area contributed by atoms with E-state index >= 15 is 0 Å². The fraction of sp³-hybridized carbons (Fsp3) is 0.333. The second-order valence-corrected chi connectivity index (χ2v) is 8.22. The molecule has 1 fully saturated rings. The van der Waals surface area contributed by atoms with Gasteiger partial charge in [-0.3, -0.25) is 4.90 Å². The van der Waals surface area contributed by atoms with Gasteiger partial charge in [-0.2, -0.15) is 13.2 Å². The second-order valence-electron chi connectivity index (χ2n) is 8.22. The second kappa shape index (κ2) is 10.3. The van der Waals surface area contributed by atoms with Crippen molar-refractivity contribution in [1.82, 2.24) is 14.9 Å². The third-order valence-electron chi connectivity index (χ3n) is 5.70. The van der Waals surface area contributed by atoms with Gasteiger partial charge in [-0.25, -0.2) is 9.97 Å². The van der Waals surface area contributed by atoms with Gasteiger partial charge in [-0.15, -0.1) is 19.7 Å². The summed E-state index contributed by atoms with van der Waals surface area (Å²) in [6.07, 6.45) is -9.22. The summed E-state index contributed by atoms with van der Waals surface area (Å²) in [4.78, 5) is 12.8. The number of rotatable bonds is 6. The quantitative estimate of drug-likeness (QED) is 0.385. The van der Waals surface area contributed by atoms with Gasteiger partial charge in [0.25, 0.3) is 0 Å². The zero-order valence-corrected chi connectivity index (χ0v) is 18.9. The minimum Gasteiger partial charge on any atom is -0.672 e. The Balaban J connectivity index is 1.46. The highest BCUT2D eigenvalue weighted by molar-refractivity contribution is 5.61. The van der Waals surface area contributed by atoms with Crippen LogP contribution in [0.4, 0.5) is 32.3 Å². The van der Waals surface area contributed by atoms with Crippen LogP contribution in [0.1, 0.15) is 16.8 Å². The smallest absolute Gasteiger partial charge is 0.573 e.